The van der Waals surface area contributed by atoms with E-state index in [0.717, 1.165) is 28.9 Å². The molecule has 2 rings (SSSR count). The van der Waals surface area contributed by atoms with E-state index in [1.807, 2.05) is 33.0 Å². The van der Waals surface area contributed by atoms with Crippen LogP contribution in [0.3, 0.4) is 0 Å². The molecule has 21 heavy (non-hydrogen) atoms. The highest BCUT2D eigenvalue weighted by Gasteiger charge is 2.14. The Morgan fingerprint density at radius 1 is 1.29 bits per heavy atom. The number of nitrogens with one attached hydrogen (secondary N) is 1. The summed E-state index contributed by atoms with van der Waals surface area (Å²) in [4.78, 5) is 6.93. The highest BCUT2D eigenvalue weighted by molar-refractivity contribution is 5.94. The van der Waals surface area contributed by atoms with Crippen LogP contribution in [-0.4, -0.2) is 32.2 Å². The zero-order chi connectivity index (χ0) is 15.6. The molecule has 0 atom stereocenters. The summed E-state index contributed by atoms with van der Waals surface area (Å²) in [6.07, 6.45) is 0.169. The molecule has 0 amide bonds. The molecule has 1 aromatic carbocycles. The molecule has 0 aliphatic rings. The van der Waals surface area contributed by atoms with E-state index in [-0.39, 0.29) is 6.10 Å². The van der Waals surface area contributed by atoms with Gasteiger partial charge >= 0.3 is 0 Å². The average Bonchev–Trinajstić information content (AvgIpc) is 2.39. The van der Waals surface area contributed by atoms with Crippen LogP contribution in [-0.2, 0) is 6.54 Å². The Hall–Kier alpha value is -1.81. The van der Waals surface area contributed by atoms with E-state index in [1.165, 1.54) is 11.3 Å². The molecular weight excluding hydrogens is 262 g/mol. The number of aromatic nitrogens is 1. The third kappa shape index (κ3) is 3.27. The topological polar surface area (TPSA) is 37.4 Å². The van der Waals surface area contributed by atoms with E-state index in [1.54, 1.807) is 0 Å². The zero-order valence-corrected chi connectivity index (χ0v) is 13.8. The lowest BCUT2D eigenvalue weighted by molar-refractivity contribution is 0.243. The predicted octanol–water partition coefficient (Wildman–Crippen LogP) is 3.12. The van der Waals surface area contributed by atoms with Crippen molar-refractivity contribution in [3.8, 4) is 5.75 Å². The van der Waals surface area contributed by atoms with Crippen molar-refractivity contribution < 1.29 is 4.74 Å². The second kappa shape index (κ2) is 6.31. The molecule has 0 spiro atoms. The monoisotopic (exact) mass is 287 g/mol. The maximum Gasteiger partial charge on any atom is 0.120 e. The van der Waals surface area contributed by atoms with E-state index in [0.29, 0.717) is 0 Å². The number of pyridine rings is 1. The first-order valence-electron chi connectivity index (χ1n) is 7.35. The fourth-order valence-corrected chi connectivity index (χ4v) is 2.63. The van der Waals surface area contributed by atoms with Crippen molar-refractivity contribution in [3.63, 3.8) is 0 Å². The quantitative estimate of drug-likeness (QED) is 0.917. The van der Waals surface area contributed by atoms with Crippen LogP contribution in [0, 0.1) is 6.92 Å². The lowest BCUT2D eigenvalue weighted by Gasteiger charge is -2.21. The van der Waals surface area contributed by atoms with Crippen molar-refractivity contribution in [2.45, 2.75) is 33.4 Å². The fraction of sp³-hybridized carbons (Fsp3) is 0.471. The summed E-state index contributed by atoms with van der Waals surface area (Å²) in [6, 6.07) is 6.12. The molecule has 1 aromatic heterocycles. The van der Waals surface area contributed by atoms with Gasteiger partial charge in [-0.15, -0.1) is 0 Å². The molecule has 114 valence electrons. The molecule has 0 fully saturated rings. The van der Waals surface area contributed by atoms with Crippen molar-refractivity contribution >= 4 is 16.6 Å². The molecule has 1 N–H and O–H groups in total. The Morgan fingerprint density at radius 2 is 2.00 bits per heavy atom. The third-order valence-corrected chi connectivity index (χ3v) is 3.43. The fourth-order valence-electron chi connectivity index (χ4n) is 2.63. The zero-order valence-electron chi connectivity index (χ0n) is 13.8. The van der Waals surface area contributed by atoms with Crippen molar-refractivity contribution in [1.29, 1.82) is 0 Å². The van der Waals surface area contributed by atoms with Crippen LogP contribution in [0.25, 0.3) is 10.9 Å². The summed E-state index contributed by atoms with van der Waals surface area (Å²) in [6.45, 7) is 6.98. The molecule has 0 saturated carbocycles. The number of nitrogens with zero attached hydrogens (tertiary/aromatic N) is 2. The van der Waals surface area contributed by atoms with Gasteiger partial charge in [-0.05, 0) is 51.6 Å². The van der Waals surface area contributed by atoms with Crippen LogP contribution in [0.1, 0.15) is 25.1 Å². The predicted molar refractivity (Wildman–Crippen MR) is 89.3 cm³/mol. The summed E-state index contributed by atoms with van der Waals surface area (Å²) < 4.78 is 5.82. The van der Waals surface area contributed by atoms with Crippen molar-refractivity contribution in [1.82, 2.24) is 10.3 Å². The molecule has 0 saturated heterocycles. The first kappa shape index (κ1) is 15.6. The minimum absolute atomic E-state index is 0.169. The van der Waals surface area contributed by atoms with Gasteiger partial charge in [-0.25, -0.2) is 0 Å². The Balaban J connectivity index is 2.65. The van der Waals surface area contributed by atoms with E-state index in [9.17, 15) is 0 Å². The second-order valence-corrected chi connectivity index (χ2v) is 5.80. The van der Waals surface area contributed by atoms with Crippen LogP contribution >= 0.6 is 0 Å². The lowest BCUT2D eigenvalue weighted by atomic mass is 10.1. The van der Waals surface area contributed by atoms with Gasteiger partial charge in [0.1, 0.15) is 5.75 Å². The van der Waals surface area contributed by atoms with Gasteiger partial charge in [0.15, 0.2) is 0 Å². The first-order valence-corrected chi connectivity index (χ1v) is 7.35. The Morgan fingerprint density at radius 3 is 2.57 bits per heavy atom. The van der Waals surface area contributed by atoms with Crippen LogP contribution in [0.4, 0.5) is 5.69 Å². The van der Waals surface area contributed by atoms with Gasteiger partial charge in [0.05, 0.1) is 23.0 Å². The minimum atomic E-state index is 0.169. The molecule has 0 unspecified atom stereocenters. The largest absolute Gasteiger partial charge is 0.491 e. The van der Waals surface area contributed by atoms with Gasteiger partial charge in [0, 0.05) is 26.0 Å². The molecule has 0 bridgehead atoms. The Labute approximate surface area is 127 Å². The normalized spacial score (nSPS) is 11.2. The average molecular weight is 287 g/mol. The van der Waals surface area contributed by atoms with E-state index >= 15 is 0 Å². The highest BCUT2D eigenvalue weighted by Crippen LogP contribution is 2.32. The van der Waals surface area contributed by atoms with Gasteiger partial charge in [-0.1, -0.05) is 0 Å². The van der Waals surface area contributed by atoms with Gasteiger partial charge in [0.2, 0.25) is 0 Å². The maximum absolute atomic E-state index is 5.82. The molecule has 0 aliphatic heterocycles. The molecule has 0 radical (unpaired) electrons. The minimum Gasteiger partial charge on any atom is -0.491 e. The van der Waals surface area contributed by atoms with E-state index in [4.69, 9.17) is 9.72 Å². The molecule has 4 nitrogen and oxygen atoms in total. The number of hydrogen-bond acceptors (Lipinski definition) is 4. The standard InChI is InChI=1S/C17H25N3O/c1-11(2)21-13-7-8-15-14(9-13)17(20(5)6)12(3)16(19-15)10-18-4/h7-9,11,18H,10H2,1-6H3. The van der Waals surface area contributed by atoms with Crippen molar-refractivity contribution in [2.24, 2.45) is 0 Å². The number of hydrogen-bond donors (Lipinski definition) is 1. The smallest absolute Gasteiger partial charge is 0.120 e. The Bertz CT molecular complexity index is 635. The van der Waals surface area contributed by atoms with Gasteiger partial charge in [-0.2, -0.15) is 0 Å². The van der Waals surface area contributed by atoms with Crippen LogP contribution in [0.5, 0.6) is 5.75 Å². The Kier molecular flexibility index (Phi) is 4.68. The van der Waals surface area contributed by atoms with Crippen LogP contribution in [0.2, 0.25) is 0 Å². The molecule has 0 aliphatic carbocycles. The van der Waals surface area contributed by atoms with Crippen LogP contribution < -0.4 is 15.0 Å². The van der Waals surface area contributed by atoms with E-state index < -0.39 is 0 Å². The highest BCUT2D eigenvalue weighted by atomic mass is 16.5. The maximum atomic E-state index is 5.82. The SMILES string of the molecule is CNCc1nc2ccc(OC(C)C)cc2c(N(C)C)c1C. The van der Waals surface area contributed by atoms with Crippen molar-refractivity contribution in [3.05, 3.63) is 29.5 Å². The summed E-state index contributed by atoms with van der Waals surface area (Å²) in [5.41, 5.74) is 4.51. The molecule has 4 heteroatoms. The number of fused-ring (bicyclic) bond motifs is 1. The summed E-state index contributed by atoms with van der Waals surface area (Å²) in [5, 5.41) is 4.32. The first-order chi connectivity index (χ1) is 9.93. The van der Waals surface area contributed by atoms with Crippen molar-refractivity contribution in [2.75, 3.05) is 26.0 Å². The summed E-state index contributed by atoms with van der Waals surface area (Å²) >= 11 is 0. The lowest BCUT2D eigenvalue weighted by Crippen LogP contribution is -2.16. The number of ether oxygens (including phenoxy) is 1. The third-order valence-electron chi connectivity index (χ3n) is 3.43. The van der Waals surface area contributed by atoms with E-state index in [2.05, 4.69) is 37.3 Å². The second-order valence-electron chi connectivity index (χ2n) is 5.80. The number of benzene rings is 1. The number of anilines is 1. The molecule has 1 heterocycles. The van der Waals surface area contributed by atoms with Crippen LogP contribution in [0.15, 0.2) is 18.2 Å². The van der Waals surface area contributed by atoms with Gasteiger partial charge in [0.25, 0.3) is 0 Å². The van der Waals surface area contributed by atoms with Gasteiger partial charge < -0.3 is 15.0 Å². The summed E-state index contributed by atoms with van der Waals surface area (Å²) in [5.74, 6) is 0.892. The number of rotatable bonds is 5. The molecular formula is C17H25N3O. The van der Waals surface area contributed by atoms with Gasteiger partial charge in [-0.3, -0.25) is 4.98 Å². The molecule has 2 aromatic rings. The summed E-state index contributed by atoms with van der Waals surface area (Å²) in [7, 11) is 6.09.